The molecule has 0 saturated heterocycles. The molecule has 0 bridgehead atoms. The third-order valence-corrected chi connectivity index (χ3v) is 4.82. The molecule has 21 heavy (non-hydrogen) atoms. The van der Waals surface area contributed by atoms with Crippen molar-refractivity contribution in [2.24, 2.45) is 5.92 Å². The van der Waals surface area contributed by atoms with Gasteiger partial charge in [-0.05, 0) is 42.3 Å². The highest BCUT2D eigenvalue weighted by molar-refractivity contribution is 7.99. The van der Waals surface area contributed by atoms with E-state index in [1.54, 1.807) is 11.8 Å². The second-order valence-corrected chi connectivity index (χ2v) is 7.24. The molecule has 0 unspecified atom stereocenters. The SMILES string of the molecule is CC(C)CNCc1ccc(Sc2ccccc2Cl)cc1Cl. The first-order valence-electron chi connectivity index (χ1n) is 6.98. The van der Waals surface area contributed by atoms with Gasteiger partial charge < -0.3 is 5.32 Å². The third kappa shape index (κ3) is 5.23. The summed E-state index contributed by atoms with van der Waals surface area (Å²) in [5.41, 5.74) is 1.13. The van der Waals surface area contributed by atoms with Crippen LogP contribution in [0.15, 0.2) is 52.3 Å². The molecule has 2 aromatic carbocycles. The highest BCUT2D eigenvalue weighted by Crippen LogP contribution is 2.34. The second-order valence-electron chi connectivity index (χ2n) is 5.31. The monoisotopic (exact) mass is 339 g/mol. The van der Waals surface area contributed by atoms with Crippen molar-refractivity contribution >= 4 is 35.0 Å². The fourth-order valence-electron chi connectivity index (χ4n) is 1.88. The molecule has 2 rings (SSSR count). The van der Waals surface area contributed by atoms with Crippen molar-refractivity contribution in [2.75, 3.05) is 6.54 Å². The summed E-state index contributed by atoms with van der Waals surface area (Å²) >= 11 is 14.2. The standard InChI is InChI=1S/C17H19Cl2NS/c1-12(2)10-20-11-13-7-8-14(9-16(13)19)21-17-6-4-3-5-15(17)18/h3-9,12,20H,10-11H2,1-2H3. The second kappa shape index (κ2) is 8.09. The number of halogens is 2. The highest BCUT2D eigenvalue weighted by Gasteiger charge is 2.06. The molecule has 0 aliphatic carbocycles. The van der Waals surface area contributed by atoms with Crippen LogP contribution in [0.4, 0.5) is 0 Å². The summed E-state index contributed by atoms with van der Waals surface area (Å²) in [6, 6.07) is 14.0. The molecule has 0 aliphatic rings. The van der Waals surface area contributed by atoms with Crippen molar-refractivity contribution in [3.63, 3.8) is 0 Å². The van der Waals surface area contributed by atoms with Crippen molar-refractivity contribution in [1.82, 2.24) is 5.32 Å². The lowest BCUT2D eigenvalue weighted by atomic mass is 10.2. The lowest BCUT2D eigenvalue weighted by Crippen LogP contribution is -2.19. The van der Waals surface area contributed by atoms with Crippen LogP contribution in [0.25, 0.3) is 0 Å². The van der Waals surface area contributed by atoms with E-state index in [0.717, 1.165) is 38.5 Å². The summed E-state index contributed by atoms with van der Waals surface area (Å²) in [5, 5.41) is 4.97. The Morgan fingerprint density at radius 1 is 1.05 bits per heavy atom. The normalized spacial score (nSPS) is 11.1. The van der Waals surface area contributed by atoms with Gasteiger partial charge in [-0.2, -0.15) is 0 Å². The number of rotatable bonds is 6. The van der Waals surface area contributed by atoms with E-state index < -0.39 is 0 Å². The molecule has 1 nitrogen and oxygen atoms in total. The van der Waals surface area contributed by atoms with E-state index in [2.05, 4.69) is 31.3 Å². The summed E-state index contributed by atoms with van der Waals surface area (Å²) in [6.45, 7) is 6.18. The fraction of sp³-hybridized carbons (Fsp3) is 0.294. The maximum absolute atomic E-state index is 6.36. The largest absolute Gasteiger partial charge is 0.312 e. The smallest absolute Gasteiger partial charge is 0.0545 e. The van der Waals surface area contributed by atoms with Gasteiger partial charge in [-0.15, -0.1) is 0 Å². The molecule has 0 spiro atoms. The van der Waals surface area contributed by atoms with Crippen molar-refractivity contribution in [2.45, 2.75) is 30.2 Å². The predicted octanol–water partition coefficient (Wildman–Crippen LogP) is 5.89. The van der Waals surface area contributed by atoms with Gasteiger partial charge in [-0.1, -0.05) is 67.0 Å². The Morgan fingerprint density at radius 3 is 2.48 bits per heavy atom. The summed E-state index contributed by atoms with van der Waals surface area (Å²) in [5.74, 6) is 0.638. The van der Waals surface area contributed by atoms with Crippen LogP contribution in [-0.4, -0.2) is 6.54 Å². The molecule has 0 heterocycles. The molecule has 4 heteroatoms. The van der Waals surface area contributed by atoms with E-state index in [9.17, 15) is 0 Å². The van der Waals surface area contributed by atoms with Gasteiger partial charge in [-0.25, -0.2) is 0 Å². The fourth-order valence-corrected chi connectivity index (χ4v) is 3.33. The minimum absolute atomic E-state index is 0.638. The van der Waals surface area contributed by atoms with Gasteiger partial charge >= 0.3 is 0 Å². The van der Waals surface area contributed by atoms with E-state index in [1.807, 2.05) is 30.3 Å². The molecule has 2 aromatic rings. The van der Waals surface area contributed by atoms with E-state index in [4.69, 9.17) is 23.2 Å². The van der Waals surface area contributed by atoms with Gasteiger partial charge in [0.2, 0.25) is 0 Å². The Labute approximate surface area is 141 Å². The van der Waals surface area contributed by atoms with Crippen molar-refractivity contribution < 1.29 is 0 Å². The first kappa shape index (κ1) is 16.7. The van der Waals surface area contributed by atoms with Gasteiger partial charge in [0, 0.05) is 21.4 Å². The minimum atomic E-state index is 0.638. The highest BCUT2D eigenvalue weighted by atomic mass is 35.5. The Hall–Kier alpha value is -0.670. The minimum Gasteiger partial charge on any atom is -0.312 e. The van der Waals surface area contributed by atoms with Crippen LogP contribution in [0.3, 0.4) is 0 Å². The van der Waals surface area contributed by atoms with Crippen LogP contribution in [0.2, 0.25) is 10.0 Å². The first-order valence-corrected chi connectivity index (χ1v) is 8.55. The van der Waals surface area contributed by atoms with Crippen LogP contribution in [0.5, 0.6) is 0 Å². The van der Waals surface area contributed by atoms with Crippen LogP contribution < -0.4 is 5.32 Å². The quantitative estimate of drug-likeness (QED) is 0.704. The van der Waals surface area contributed by atoms with Gasteiger partial charge in [0.15, 0.2) is 0 Å². The average molecular weight is 340 g/mol. The Kier molecular flexibility index (Phi) is 6.43. The topological polar surface area (TPSA) is 12.0 Å². The Balaban J connectivity index is 2.03. The zero-order chi connectivity index (χ0) is 15.2. The molecule has 1 N–H and O–H groups in total. The predicted molar refractivity (Wildman–Crippen MR) is 93.6 cm³/mol. The molecule has 0 fully saturated rings. The molecule has 0 atom stereocenters. The summed E-state index contributed by atoms with van der Waals surface area (Å²) < 4.78 is 0. The van der Waals surface area contributed by atoms with Gasteiger partial charge in [-0.3, -0.25) is 0 Å². The van der Waals surface area contributed by atoms with Gasteiger partial charge in [0.1, 0.15) is 0 Å². The van der Waals surface area contributed by atoms with Crippen molar-refractivity contribution in [1.29, 1.82) is 0 Å². The zero-order valence-electron chi connectivity index (χ0n) is 12.2. The van der Waals surface area contributed by atoms with Gasteiger partial charge in [0.25, 0.3) is 0 Å². The summed E-state index contributed by atoms with van der Waals surface area (Å²) in [4.78, 5) is 2.14. The van der Waals surface area contributed by atoms with E-state index in [0.29, 0.717) is 5.92 Å². The Morgan fingerprint density at radius 2 is 1.81 bits per heavy atom. The number of hydrogen-bond donors (Lipinski definition) is 1. The van der Waals surface area contributed by atoms with Crippen LogP contribution >= 0.6 is 35.0 Å². The van der Waals surface area contributed by atoms with E-state index in [1.165, 1.54) is 0 Å². The maximum Gasteiger partial charge on any atom is 0.0545 e. The Bertz CT molecular complexity index is 599. The molecule has 0 aromatic heterocycles. The number of benzene rings is 2. The van der Waals surface area contributed by atoms with Crippen molar-refractivity contribution in [3.8, 4) is 0 Å². The van der Waals surface area contributed by atoms with Crippen LogP contribution in [0.1, 0.15) is 19.4 Å². The molecule has 0 aliphatic heterocycles. The zero-order valence-corrected chi connectivity index (χ0v) is 14.5. The third-order valence-electron chi connectivity index (χ3n) is 2.96. The van der Waals surface area contributed by atoms with Crippen LogP contribution in [-0.2, 0) is 6.54 Å². The van der Waals surface area contributed by atoms with E-state index >= 15 is 0 Å². The molecule has 0 radical (unpaired) electrons. The first-order chi connectivity index (χ1) is 10.1. The maximum atomic E-state index is 6.36. The average Bonchev–Trinajstić information content (AvgIpc) is 2.43. The van der Waals surface area contributed by atoms with Gasteiger partial charge in [0.05, 0.1) is 5.02 Å². The number of nitrogens with one attached hydrogen (secondary N) is 1. The van der Waals surface area contributed by atoms with E-state index in [-0.39, 0.29) is 0 Å². The molecular formula is C17H19Cl2NS. The molecular weight excluding hydrogens is 321 g/mol. The van der Waals surface area contributed by atoms with Crippen LogP contribution in [0, 0.1) is 5.92 Å². The molecule has 112 valence electrons. The van der Waals surface area contributed by atoms with Crippen molar-refractivity contribution in [3.05, 3.63) is 58.1 Å². The molecule has 0 amide bonds. The summed E-state index contributed by atoms with van der Waals surface area (Å²) in [6.07, 6.45) is 0. The lowest BCUT2D eigenvalue weighted by Gasteiger charge is -2.10. The summed E-state index contributed by atoms with van der Waals surface area (Å²) in [7, 11) is 0. The lowest BCUT2D eigenvalue weighted by molar-refractivity contribution is 0.552. The molecule has 0 saturated carbocycles. The number of hydrogen-bond acceptors (Lipinski definition) is 2.